The Bertz CT molecular complexity index is 612. The standard InChI is InChI=1S/C13H16Cl2N2OS/c1-9(19(2)18)8-17-11-5-3-4-10(15)13(11)16-12(17)6-7-14/h3-5,9H,6-8H2,1-2H3. The zero-order valence-electron chi connectivity index (χ0n) is 10.9. The predicted molar refractivity (Wildman–Crippen MR) is 82.7 cm³/mol. The van der Waals surface area contributed by atoms with E-state index < -0.39 is 10.8 Å². The number of hydrogen-bond donors (Lipinski definition) is 0. The van der Waals surface area contributed by atoms with Crippen LogP contribution in [0.1, 0.15) is 12.7 Å². The Morgan fingerprint density at radius 3 is 2.84 bits per heavy atom. The van der Waals surface area contributed by atoms with Gasteiger partial charge in [0.15, 0.2) is 0 Å². The van der Waals surface area contributed by atoms with Gasteiger partial charge in [-0.25, -0.2) is 4.98 Å². The zero-order valence-corrected chi connectivity index (χ0v) is 13.2. The highest BCUT2D eigenvalue weighted by Gasteiger charge is 2.16. The van der Waals surface area contributed by atoms with Gasteiger partial charge in [0.05, 0.1) is 10.5 Å². The SMILES string of the molecule is CC(Cn1c(CCCl)nc2c(Cl)cccc21)S(C)=O. The van der Waals surface area contributed by atoms with E-state index in [9.17, 15) is 4.21 Å². The van der Waals surface area contributed by atoms with Gasteiger partial charge in [-0.05, 0) is 19.1 Å². The third-order valence-electron chi connectivity index (χ3n) is 3.13. The maximum absolute atomic E-state index is 11.6. The third-order valence-corrected chi connectivity index (χ3v) is 4.91. The molecule has 3 nitrogen and oxygen atoms in total. The number of benzene rings is 1. The van der Waals surface area contributed by atoms with Crippen LogP contribution < -0.4 is 0 Å². The van der Waals surface area contributed by atoms with Crippen molar-refractivity contribution in [2.24, 2.45) is 0 Å². The van der Waals surface area contributed by atoms with Crippen molar-refractivity contribution in [1.29, 1.82) is 0 Å². The summed E-state index contributed by atoms with van der Waals surface area (Å²) in [6.07, 6.45) is 2.40. The Hall–Kier alpha value is -0.580. The number of aromatic nitrogens is 2. The van der Waals surface area contributed by atoms with Crippen molar-refractivity contribution in [3.8, 4) is 0 Å². The highest BCUT2D eigenvalue weighted by Crippen LogP contribution is 2.25. The first-order valence-corrected chi connectivity index (χ1v) is 8.59. The second-order valence-electron chi connectivity index (χ2n) is 4.49. The van der Waals surface area contributed by atoms with Crippen LogP contribution in [0.3, 0.4) is 0 Å². The Morgan fingerprint density at radius 1 is 1.47 bits per heavy atom. The summed E-state index contributed by atoms with van der Waals surface area (Å²) in [7, 11) is -0.870. The molecule has 0 fully saturated rings. The van der Waals surface area contributed by atoms with E-state index in [0.29, 0.717) is 23.9 Å². The molecule has 0 spiro atoms. The van der Waals surface area contributed by atoms with Crippen molar-refractivity contribution < 1.29 is 4.21 Å². The predicted octanol–water partition coefficient (Wildman–Crippen LogP) is 3.24. The molecule has 2 aromatic rings. The Labute approximate surface area is 125 Å². The van der Waals surface area contributed by atoms with Crippen LogP contribution in [-0.2, 0) is 23.8 Å². The molecule has 19 heavy (non-hydrogen) atoms. The van der Waals surface area contributed by atoms with E-state index in [1.165, 1.54) is 0 Å². The summed E-state index contributed by atoms with van der Waals surface area (Å²) in [4.78, 5) is 4.56. The number of halogens is 2. The van der Waals surface area contributed by atoms with E-state index >= 15 is 0 Å². The fraction of sp³-hybridized carbons (Fsp3) is 0.462. The van der Waals surface area contributed by atoms with Crippen LogP contribution in [0.15, 0.2) is 18.2 Å². The number of nitrogens with zero attached hydrogens (tertiary/aromatic N) is 2. The molecule has 1 heterocycles. The Kier molecular flexibility index (Phi) is 4.87. The third kappa shape index (κ3) is 3.12. The molecule has 0 aliphatic rings. The van der Waals surface area contributed by atoms with Crippen LogP contribution >= 0.6 is 23.2 Å². The van der Waals surface area contributed by atoms with Crippen LogP contribution in [0.5, 0.6) is 0 Å². The molecule has 104 valence electrons. The second kappa shape index (κ2) is 6.25. The molecule has 2 unspecified atom stereocenters. The maximum atomic E-state index is 11.6. The summed E-state index contributed by atoms with van der Waals surface area (Å²) in [5.74, 6) is 1.40. The lowest BCUT2D eigenvalue weighted by Gasteiger charge is -2.13. The van der Waals surface area contributed by atoms with E-state index in [4.69, 9.17) is 23.2 Å². The van der Waals surface area contributed by atoms with Crippen LogP contribution in [0.25, 0.3) is 11.0 Å². The van der Waals surface area contributed by atoms with E-state index in [-0.39, 0.29) is 5.25 Å². The molecule has 0 bridgehead atoms. The number of aryl methyl sites for hydroxylation is 1. The fourth-order valence-corrected chi connectivity index (χ4v) is 2.74. The van der Waals surface area contributed by atoms with Gasteiger partial charge in [-0.2, -0.15) is 0 Å². The van der Waals surface area contributed by atoms with Gasteiger partial charge in [0, 0.05) is 41.2 Å². The smallest absolute Gasteiger partial charge is 0.111 e. The molecule has 0 aliphatic carbocycles. The molecule has 2 atom stereocenters. The zero-order chi connectivity index (χ0) is 14.0. The van der Waals surface area contributed by atoms with Crippen LogP contribution in [0, 0.1) is 0 Å². The average Bonchev–Trinajstić information content (AvgIpc) is 2.70. The van der Waals surface area contributed by atoms with Crippen LogP contribution in [-0.4, -0.2) is 31.1 Å². The number of rotatable bonds is 5. The summed E-state index contributed by atoms with van der Waals surface area (Å²) < 4.78 is 13.6. The van der Waals surface area contributed by atoms with E-state index in [0.717, 1.165) is 16.9 Å². The van der Waals surface area contributed by atoms with Gasteiger partial charge in [-0.3, -0.25) is 4.21 Å². The highest BCUT2D eigenvalue weighted by atomic mass is 35.5. The molecule has 6 heteroatoms. The normalized spacial score (nSPS) is 14.7. The van der Waals surface area contributed by atoms with Gasteiger partial charge in [0.25, 0.3) is 0 Å². The fourth-order valence-electron chi connectivity index (χ4n) is 2.00. The second-order valence-corrected chi connectivity index (χ2v) is 7.08. The van der Waals surface area contributed by atoms with Crippen LogP contribution in [0.2, 0.25) is 5.02 Å². The number of fused-ring (bicyclic) bond motifs is 1. The van der Waals surface area contributed by atoms with Crippen molar-refractivity contribution >= 4 is 45.0 Å². The van der Waals surface area contributed by atoms with E-state index in [1.54, 1.807) is 6.26 Å². The first-order valence-electron chi connectivity index (χ1n) is 6.06. The topological polar surface area (TPSA) is 34.9 Å². The summed E-state index contributed by atoms with van der Waals surface area (Å²) in [6.45, 7) is 2.63. The first-order chi connectivity index (χ1) is 9.04. The quantitative estimate of drug-likeness (QED) is 0.793. The van der Waals surface area contributed by atoms with E-state index in [1.807, 2.05) is 25.1 Å². The summed E-state index contributed by atoms with van der Waals surface area (Å²) in [5, 5.41) is 0.697. The Morgan fingerprint density at radius 2 is 2.21 bits per heavy atom. The van der Waals surface area contributed by atoms with Gasteiger partial charge in [0.2, 0.25) is 0 Å². The van der Waals surface area contributed by atoms with Crippen molar-refractivity contribution in [3.05, 3.63) is 29.0 Å². The minimum Gasteiger partial charge on any atom is -0.327 e. The number of imidazole rings is 1. The molecule has 2 rings (SSSR count). The van der Waals surface area contributed by atoms with Gasteiger partial charge in [-0.1, -0.05) is 17.7 Å². The summed E-state index contributed by atoms with van der Waals surface area (Å²) in [6, 6.07) is 5.71. The molecule has 0 radical (unpaired) electrons. The highest BCUT2D eigenvalue weighted by molar-refractivity contribution is 7.84. The molecule has 0 N–H and O–H groups in total. The monoisotopic (exact) mass is 318 g/mol. The lowest BCUT2D eigenvalue weighted by atomic mass is 10.3. The van der Waals surface area contributed by atoms with Crippen LogP contribution in [0.4, 0.5) is 0 Å². The molecular weight excluding hydrogens is 303 g/mol. The molecule has 0 saturated heterocycles. The van der Waals surface area contributed by atoms with Crippen molar-refractivity contribution in [2.45, 2.75) is 25.1 Å². The molecule has 1 aromatic carbocycles. The molecule has 0 saturated carbocycles. The summed E-state index contributed by atoms with van der Waals surface area (Å²) >= 11 is 12.0. The molecule has 1 aromatic heterocycles. The minimum absolute atomic E-state index is 0.0606. The molecular formula is C13H16Cl2N2OS. The number of alkyl halides is 1. The maximum Gasteiger partial charge on any atom is 0.111 e. The number of hydrogen-bond acceptors (Lipinski definition) is 2. The molecule has 0 amide bonds. The average molecular weight is 319 g/mol. The lowest BCUT2D eigenvalue weighted by Crippen LogP contribution is -2.19. The van der Waals surface area contributed by atoms with Gasteiger partial charge in [-0.15, -0.1) is 11.6 Å². The van der Waals surface area contributed by atoms with Gasteiger partial charge >= 0.3 is 0 Å². The lowest BCUT2D eigenvalue weighted by molar-refractivity contribution is 0.635. The minimum atomic E-state index is -0.870. The van der Waals surface area contributed by atoms with Crippen molar-refractivity contribution in [3.63, 3.8) is 0 Å². The van der Waals surface area contributed by atoms with Crippen molar-refractivity contribution in [1.82, 2.24) is 9.55 Å². The largest absolute Gasteiger partial charge is 0.327 e. The summed E-state index contributed by atoms with van der Waals surface area (Å²) in [5.41, 5.74) is 1.77. The number of para-hydroxylation sites is 1. The Balaban J connectivity index is 2.52. The van der Waals surface area contributed by atoms with Gasteiger partial charge < -0.3 is 4.57 Å². The van der Waals surface area contributed by atoms with Gasteiger partial charge in [0.1, 0.15) is 11.3 Å². The van der Waals surface area contributed by atoms with Crippen molar-refractivity contribution in [2.75, 3.05) is 12.1 Å². The molecule has 0 aliphatic heterocycles. The van der Waals surface area contributed by atoms with E-state index in [2.05, 4.69) is 9.55 Å². The first kappa shape index (κ1) is 14.8.